The summed E-state index contributed by atoms with van der Waals surface area (Å²) in [7, 11) is 0. The quantitative estimate of drug-likeness (QED) is 0.388. The summed E-state index contributed by atoms with van der Waals surface area (Å²) in [6.07, 6.45) is 1.78. The highest BCUT2D eigenvalue weighted by molar-refractivity contribution is 7.99. The van der Waals surface area contributed by atoms with Crippen molar-refractivity contribution in [3.63, 3.8) is 0 Å². The molecular weight excluding hydrogens is 423 g/mol. The van der Waals surface area contributed by atoms with E-state index in [4.69, 9.17) is 23.2 Å². The summed E-state index contributed by atoms with van der Waals surface area (Å²) in [5.74, 6) is 0.769. The van der Waals surface area contributed by atoms with E-state index in [9.17, 15) is 4.79 Å². The molecule has 1 aromatic carbocycles. The molecule has 3 rings (SSSR count). The predicted molar refractivity (Wildman–Crippen MR) is 114 cm³/mol. The van der Waals surface area contributed by atoms with E-state index in [1.54, 1.807) is 35.6 Å². The maximum Gasteiger partial charge on any atom is 0.234 e. The molecule has 0 spiro atoms. The summed E-state index contributed by atoms with van der Waals surface area (Å²) in [4.78, 5) is 13.5. The van der Waals surface area contributed by atoms with Gasteiger partial charge in [0.25, 0.3) is 0 Å². The molecule has 9 heteroatoms. The van der Waals surface area contributed by atoms with Gasteiger partial charge in [0, 0.05) is 38.1 Å². The SMILES string of the molecule is C=CCn1c(SCC(=O)Nc2cc(Cl)cc(Cl)c2)nnc1-c1csc(C)c1. The van der Waals surface area contributed by atoms with Gasteiger partial charge < -0.3 is 5.32 Å². The third-order valence-corrected chi connectivity index (χ3v) is 5.76. The number of rotatable bonds is 7. The Morgan fingerprint density at radius 3 is 2.67 bits per heavy atom. The maximum absolute atomic E-state index is 12.3. The van der Waals surface area contributed by atoms with E-state index in [2.05, 4.69) is 28.2 Å². The van der Waals surface area contributed by atoms with Gasteiger partial charge in [-0.15, -0.1) is 28.1 Å². The Bertz CT molecular complexity index is 963. The van der Waals surface area contributed by atoms with Crippen molar-refractivity contribution in [2.45, 2.75) is 18.6 Å². The first-order valence-electron chi connectivity index (χ1n) is 7.94. The van der Waals surface area contributed by atoms with E-state index >= 15 is 0 Å². The van der Waals surface area contributed by atoms with Crippen LogP contribution in [0.5, 0.6) is 0 Å². The number of amides is 1. The number of thiophene rings is 1. The molecule has 0 aliphatic rings. The van der Waals surface area contributed by atoms with Crippen LogP contribution in [0.4, 0.5) is 5.69 Å². The van der Waals surface area contributed by atoms with Crippen LogP contribution in [0.2, 0.25) is 10.0 Å². The monoisotopic (exact) mass is 438 g/mol. The average molecular weight is 439 g/mol. The number of nitrogens with one attached hydrogen (secondary N) is 1. The first-order valence-corrected chi connectivity index (χ1v) is 10.6. The van der Waals surface area contributed by atoms with Crippen LogP contribution < -0.4 is 5.32 Å². The van der Waals surface area contributed by atoms with Gasteiger partial charge in [-0.2, -0.15) is 0 Å². The Balaban J connectivity index is 1.71. The van der Waals surface area contributed by atoms with Crippen molar-refractivity contribution >= 4 is 57.9 Å². The third-order valence-electron chi connectivity index (χ3n) is 3.50. The zero-order valence-corrected chi connectivity index (χ0v) is 17.6. The highest BCUT2D eigenvalue weighted by Gasteiger charge is 2.16. The van der Waals surface area contributed by atoms with Crippen molar-refractivity contribution in [1.82, 2.24) is 14.8 Å². The first-order chi connectivity index (χ1) is 13.0. The lowest BCUT2D eigenvalue weighted by Crippen LogP contribution is -2.14. The molecule has 0 bridgehead atoms. The van der Waals surface area contributed by atoms with Gasteiger partial charge in [0.1, 0.15) is 0 Å². The second-order valence-corrected chi connectivity index (χ2v) is 8.58. The normalized spacial score (nSPS) is 10.8. The fourth-order valence-corrected chi connectivity index (χ4v) is 4.37. The molecule has 0 aliphatic carbocycles. The highest BCUT2D eigenvalue weighted by atomic mass is 35.5. The lowest BCUT2D eigenvalue weighted by Gasteiger charge is -2.08. The summed E-state index contributed by atoms with van der Waals surface area (Å²) in [6, 6.07) is 6.97. The average Bonchev–Trinajstić information content (AvgIpc) is 3.18. The zero-order valence-electron chi connectivity index (χ0n) is 14.4. The minimum absolute atomic E-state index is 0.181. The van der Waals surface area contributed by atoms with E-state index in [1.807, 2.05) is 16.9 Å². The Labute approximate surface area is 175 Å². The molecule has 0 saturated heterocycles. The molecular formula is C18H16Cl2N4OS2. The molecule has 0 radical (unpaired) electrons. The van der Waals surface area contributed by atoms with Crippen molar-refractivity contribution < 1.29 is 4.79 Å². The Morgan fingerprint density at radius 2 is 2.04 bits per heavy atom. The van der Waals surface area contributed by atoms with Crippen LogP contribution in [0.15, 0.2) is 47.5 Å². The Morgan fingerprint density at radius 1 is 1.30 bits per heavy atom. The maximum atomic E-state index is 12.3. The number of nitrogens with zero attached hydrogens (tertiary/aromatic N) is 3. The summed E-state index contributed by atoms with van der Waals surface area (Å²) < 4.78 is 1.95. The Hall–Kier alpha value is -1.80. The van der Waals surface area contributed by atoms with Crippen LogP contribution in [0.25, 0.3) is 11.4 Å². The molecule has 140 valence electrons. The van der Waals surface area contributed by atoms with Crippen LogP contribution in [0, 0.1) is 6.92 Å². The summed E-state index contributed by atoms with van der Waals surface area (Å²) in [5.41, 5.74) is 1.57. The van der Waals surface area contributed by atoms with Crippen LogP contribution in [0.1, 0.15) is 4.88 Å². The lowest BCUT2D eigenvalue weighted by atomic mass is 10.3. The van der Waals surface area contributed by atoms with Crippen molar-refractivity contribution in [2.24, 2.45) is 0 Å². The molecule has 1 N–H and O–H groups in total. The van der Waals surface area contributed by atoms with Crippen molar-refractivity contribution in [3.8, 4) is 11.4 Å². The molecule has 27 heavy (non-hydrogen) atoms. The summed E-state index contributed by atoms with van der Waals surface area (Å²) >= 11 is 14.9. The van der Waals surface area contributed by atoms with E-state index in [-0.39, 0.29) is 11.7 Å². The standard InChI is InChI=1S/C18H16Cl2N4OS2/c1-3-4-24-17(12-5-11(2)26-9-12)22-23-18(24)27-10-16(25)21-15-7-13(19)6-14(20)8-15/h3,5-9H,1,4,10H2,2H3,(H,21,25). The van der Waals surface area contributed by atoms with E-state index in [0.717, 1.165) is 11.4 Å². The number of allylic oxidation sites excluding steroid dienone is 1. The molecule has 0 unspecified atom stereocenters. The smallest absolute Gasteiger partial charge is 0.234 e. The molecule has 2 heterocycles. The largest absolute Gasteiger partial charge is 0.325 e. The summed E-state index contributed by atoms with van der Waals surface area (Å²) in [6.45, 7) is 6.40. The van der Waals surface area contributed by atoms with Crippen molar-refractivity contribution in [1.29, 1.82) is 0 Å². The lowest BCUT2D eigenvalue weighted by molar-refractivity contribution is -0.113. The van der Waals surface area contributed by atoms with Crippen LogP contribution in [-0.2, 0) is 11.3 Å². The van der Waals surface area contributed by atoms with Crippen LogP contribution in [-0.4, -0.2) is 26.4 Å². The fraction of sp³-hybridized carbons (Fsp3) is 0.167. The second-order valence-electron chi connectivity index (χ2n) is 5.65. The van der Waals surface area contributed by atoms with Crippen LogP contribution in [0.3, 0.4) is 0 Å². The second kappa shape index (κ2) is 8.93. The number of benzene rings is 1. The predicted octanol–water partition coefficient (Wildman–Crippen LogP) is 5.54. The fourth-order valence-electron chi connectivity index (χ4n) is 2.42. The number of thioether (sulfide) groups is 1. The summed E-state index contributed by atoms with van der Waals surface area (Å²) in [5, 5.41) is 14.9. The molecule has 0 saturated carbocycles. The van der Waals surface area contributed by atoms with Gasteiger partial charge in [-0.25, -0.2) is 0 Å². The van der Waals surface area contributed by atoms with Gasteiger partial charge in [0.15, 0.2) is 11.0 Å². The van der Waals surface area contributed by atoms with Gasteiger partial charge in [-0.3, -0.25) is 9.36 Å². The number of carbonyl (C=O) groups excluding carboxylic acids is 1. The molecule has 3 aromatic rings. The van der Waals surface area contributed by atoms with E-state index in [1.165, 1.54) is 16.6 Å². The zero-order chi connectivity index (χ0) is 19.4. The van der Waals surface area contributed by atoms with Gasteiger partial charge in [-0.1, -0.05) is 41.0 Å². The van der Waals surface area contributed by atoms with Crippen molar-refractivity contribution in [3.05, 3.63) is 57.2 Å². The number of aryl methyl sites for hydroxylation is 1. The number of aromatic nitrogens is 3. The van der Waals surface area contributed by atoms with E-state index in [0.29, 0.717) is 27.4 Å². The van der Waals surface area contributed by atoms with Gasteiger partial charge in [-0.05, 0) is 31.2 Å². The number of hydrogen-bond acceptors (Lipinski definition) is 5. The molecule has 5 nitrogen and oxygen atoms in total. The van der Waals surface area contributed by atoms with E-state index < -0.39 is 0 Å². The highest BCUT2D eigenvalue weighted by Crippen LogP contribution is 2.28. The molecule has 0 aliphatic heterocycles. The molecule has 1 amide bonds. The third kappa shape index (κ3) is 5.13. The van der Waals surface area contributed by atoms with Gasteiger partial charge in [0.05, 0.1) is 5.75 Å². The number of halogens is 2. The minimum atomic E-state index is -0.181. The number of anilines is 1. The topological polar surface area (TPSA) is 59.8 Å². The number of carbonyl (C=O) groups is 1. The number of hydrogen-bond donors (Lipinski definition) is 1. The molecule has 2 aromatic heterocycles. The first kappa shape index (κ1) is 19.9. The van der Waals surface area contributed by atoms with Crippen molar-refractivity contribution in [2.75, 3.05) is 11.1 Å². The van der Waals surface area contributed by atoms with Crippen LogP contribution >= 0.6 is 46.3 Å². The van der Waals surface area contributed by atoms with Gasteiger partial charge in [0.2, 0.25) is 5.91 Å². The molecule has 0 atom stereocenters. The minimum Gasteiger partial charge on any atom is -0.325 e. The van der Waals surface area contributed by atoms with Gasteiger partial charge >= 0.3 is 0 Å². The Kier molecular flexibility index (Phi) is 6.59. The molecule has 0 fully saturated rings.